The van der Waals surface area contributed by atoms with Gasteiger partial charge in [-0.2, -0.15) is 0 Å². The van der Waals surface area contributed by atoms with E-state index in [1.807, 2.05) is 25.1 Å². The molecular formula is C16H17NO3. The number of aryl methyl sites for hydroxylation is 1. The van der Waals surface area contributed by atoms with Crippen LogP contribution in [0.25, 0.3) is 0 Å². The zero-order valence-corrected chi connectivity index (χ0v) is 11.4. The number of carboxylic acids is 1. The summed E-state index contributed by atoms with van der Waals surface area (Å²) in [4.78, 5) is 13.6. The summed E-state index contributed by atoms with van der Waals surface area (Å²) < 4.78 is 5.32. The Morgan fingerprint density at radius 1 is 1.40 bits per heavy atom. The van der Waals surface area contributed by atoms with Crippen LogP contribution in [0.1, 0.15) is 32.8 Å². The number of aromatic carboxylic acids is 1. The predicted molar refractivity (Wildman–Crippen MR) is 74.7 cm³/mol. The summed E-state index contributed by atoms with van der Waals surface area (Å²) in [5.41, 5.74) is 3.75. The van der Waals surface area contributed by atoms with E-state index in [2.05, 4.69) is 4.90 Å². The SMILES string of the molecule is Cc1occc1CN1CCc2c(cccc2C(=O)O)C1. The molecule has 1 aromatic carbocycles. The van der Waals surface area contributed by atoms with E-state index in [0.29, 0.717) is 5.56 Å². The quantitative estimate of drug-likeness (QED) is 0.932. The van der Waals surface area contributed by atoms with E-state index in [1.54, 1.807) is 12.3 Å². The number of carboxylic acid groups (broad SMARTS) is 1. The second-order valence-corrected chi connectivity index (χ2v) is 5.21. The Morgan fingerprint density at radius 3 is 2.95 bits per heavy atom. The van der Waals surface area contributed by atoms with Gasteiger partial charge in [0.2, 0.25) is 0 Å². The summed E-state index contributed by atoms with van der Waals surface area (Å²) in [6.45, 7) is 4.48. The third-order valence-corrected chi connectivity index (χ3v) is 3.94. The Bertz CT molecular complexity index is 645. The first-order valence-corrected chi connectivity index (χ1v) is 6.74. The molecule has 1 N–H and O–H groups in total. The van der Waals surface area contributed by atoms with Gasteiger partial charge >= 0.3 is 5.97 Å². The van der Waals surface area contributed by atoms with Gasteiger partial charge < -0.3 is 9.52 Å². The van der Waals surface area contributed by atoms with Crippen molar-refractivity contribution < 1.29 is 14.3 Å². The van der Waals surface area contributed by atoms with Gasteiger partial charge in [0.25, 0.3) is 0 Å². The molecule has 3 rings (SSSR count). The summed E-state index contributed by atoms with van der Waals surface area (Å²) in [5.74, 6) is 0.121. The normalized spacial score (nSPS) is 15.1. The number of hydrogen-bond donors (Lipinski definition) is 1. The fraction of sp³-hybridized carbons (Fsp3) is 0.312. The van der Waals surface area contributed by atoms with Crippen molar-refractivity contribution in [1.29, 1.82) is 0 Å². The Hall–Kier alpha value is -2.07. The number of nitrogens with zero attached hydrogens (tertiary/aromatic N) is 1. The lowest BCUT2D eigenvalue weighted by molar-refractivity contribution is 0.0694. The lowest BCUT2D eigenvalue weighted by atomic mass is 9.94. The van der Waals surface area contributed by atoms with Crippen LogP contribution in [-0.4, -0.2) is 22.5 Å². The van der Waals surface area contributed by atoms with Crippen LogP contribution in [-0.2, 0) is 19.5 Å². The van der Waals surface area contributed by atoms with E-state index in [1.165, 1.54) is 5.56 Å². The maximum atomic E-state index is 11.2. The summed E-state index contributed by atoms with van der Waals surface area (Å²) in [6, 6.07) is 7.54. The highest BCUT2D eigenvalue weighted by molar-refractivity contribution is 5.89. The first-order valence-electron chi connectivity index (χ1n) is 6.74. The number of furan rings is 1. The van der Waals surface area contributed by atoms with Gasteiger partial charge in [0.15, 0.2) is 0 Å². The van der Waals surface area contributed by atoms with E-state index in [0.717, 1.165) is 42.9 Å². The molecule has 0 saturated carbocycles. The van der Waals surface area contributed by atoms with Crippen molar-refractivity contribution in [1.82, 2.24) is 4.90 Å². The molecule has 0 fully saturated rings. The number of rotatable bonds is 3. The van der Waals surface area contributed by atoms with Crippen molar-refractivity contribution in [2.24, 2.45) is 0 Å². The number of fused-ring (bicyclic) bond motifs is 1. The van der Waals surface area contributed by atoms with Crippen LogP contribution >= 0.6 is 0 Å². The van der Waals surface area contributed by atoms with Crippen molar-refractivity contribution in [2.45, 2.75) is 26.4 Å². The molecule has 2 heterocycles. The maximum Gasteiger partial charge on any atom is 0.335 e. The molecule has 2 aromatic rings. The van der Waals surface area contributed by atoms with Crippen molar-refractivity contribution >= 4 is 5.97 Å². The fourth-order valence-electron chi connectivity index (χ4n) is 2.82. The number of benzene rings is 1. The standard InChI is InChI=1S/C16H17NO3/c1-11-12(6-8-20-11)9-17-7-5-14-13(10-17)3-2-4-15(14)16(18)19/h2-4,6,8H,5,7,9-10H2,1H3,(H,18,19). The highest BCUT2D eigenvalue weighted by atomic mass is 16.4. The van der Waals surface area contributed by atoms with Crippen molar-refractivity contribution in [3.05, 3.63) is 58.5 Å². The second kappa shape index (κ2) is 5.13. The van der Waals surface area contributed by atoms with Gasteiger partial charge in [-0.15, -0.1) is 0 Å². The molecule has 0 spiro atoms. The first-order chi connectivity index (χ1) is 9.65. The van der Waals surface area contributed by atoms with Crippen molar-refractivity contribution in [3.8, 4) is 0 Å². The topological polar surface area (TPSA) is 53.7 Å². The Balaban J connectivity index is 1.81. The van der Waals surface area contributed by atoms with Gasteiger partial charge in [-0.05, 0) is 36.6 Å². The summed E-state index contributed by atoms with van der Waals surface area (Å²) in [7, 11) is 0. The van der Waals surface area contributed by atoms with E-state index >= 15 is 0 Å². The molecule has 104 valence electrons. The van der Waals surface area contributed by atoms with Crippen LogP contribution in [0.5, 0.6) is 0 Å². The molecule has 1 aliphatic rings. The van der Waals surface area contributed by atoms with Gasteiger partial charge in [-0.25, -0.2) is 4.79 Å². The lowest BCUT2D eigenvalue weighted by Gasteiger charge is -2.29. The summed E-state index contributed by atoms with van der Waals surface area (Å²) in [5, 5.41) is 9.22. The molecule has 0 saturated heterocycles. The van der Waals surface area contributed by atoms with Crippen LogP contribution in [0.15, 0.2) is 34.9 Å². The minimum absolute atomic E-state index is 0.446. The van der Waals surface area contributed by atoms with Crippen LogP contribution in [0.4, 0.5) is 0 Å². The molecule has 1 aliphatic heterocycles. The molecule has 20 heavy (non-hydrogen) atoms. The summed E-state index contributed by atoms with van der Waals surface area (Å²) in [6.07, 6.45) is 2.50. The van der Waals surface area contributed by atoms with Gasteiger partial charge in [0, 0.05) is 25.2 Å². The van der Waals surface area contributed by atoms with Crippen LogP contribution in [0.2, 0.25) is 0 Å². The van der Waals surface area contributed by atoms with E-state index in [9.17, 15) is 9.90 Å². The molecule has 0 bridgehead atoms. The average molecular weight is 271 g/mol. The van der Waals surface area contributed by atoms with E-state index in [-0.39, 0.29) is 0 Å². The minimum Gasteiger partial charge on any atom is -0.478 e. The molecule has 0 aliphatic carbocycles. The molecule has 0 amide bonds. The maximum absolute atomic E-state index is 11.2. The average Bonchev–Trinajstić information content (AvgIpc) is 2.83. The molecule has 4 heteroatoms. The molecule has 0 atom stereocenters. The highest BCUT2D eigenvalue weighted by Gasteiger charge is 2.21. The van der Waals surface area contributed by atoms with Gasteiger partial charge in [-0.1, -0.05) is 12.1 Å². The first kappa shape index (κ1) is 12.9. The van der Waals surface area contributed by atoms with Crippen molar-refractivity contribution in [3.63, 3.8) is 0 Å². The van der Waals surface area contributed by atoms with Crippen molar-refractivity contribution in [2.75, 3.05) is 6.54 Å². The Labute approximate surface area is 117 Å². The van der Waals surface area contributed by atoms with Crippen LogP contribution in [0.3, 0.4) is 0 Å². The smallest absolute Gasteiger partial charge is 0.335 e. The molecule has 4 nitrogen and oxygen atoms in total. The lowest BCUT2D eigenvalue weighted by Crippen LogP contribution is -2.31. The third kappa shape index (κ3) is 2.34. The van der Waals surface area contributed by atoms with Crippen LogP contribution in [0, 0.1) is 6.92 Å². The van der Waals surface area contributed by atoms with Gasteiger partial charge in [0.1, 0.15) is 5.76 Å². The zero-order valence-electron chi connectivity index (χ0n) is 11.4. The monoisotopic (exact) mass is 271 g/mol. The fourth-order valence-corrected chi connectivity index (χ4v) is 2.82. The molecule has 0 radical (unpaired) electrons. The van der Waals surface area contributed by atoms with E-state index in [4.69, 9.17) is 4.42 Å². The largest absolute Gasteiger partial charge is 0.478 e. The van der Waals surface area contributed by atoms with E-state index < -0.39 is 5.97 Å². The number of hydrogen-bond acceptors (Lipinski definition) is 3. The predicted octanol–water partition coefficient (Wildman–Crippen LogP) is 2.84. The zero-order chi connectivity index (χ0) is 14.1. The molecular weight excluding hydrogens is 254 g/mol. The Kier molecular flexibility index (Phi) is 3.32. The molecule has 0 unspecified atom stereocenters. The highest BCUT2D eigenvalue weighted by Crippen LogP contribution is 2.24. The Morgan fingerprint density at radius 2 is 2.25 bits per heavy atom. The van der Waals surface area contributed by atoms with Gasteiger partial charge in [0.05, 0.1) is 11.8 Å². The minimum atomic E-state index is -0.832. The third-order valence-electron chi connectivity index (χ3n) is 3.94. The summed E-state index contributed by atoms with van der Waals surface area (Å²) >= 11 is 0. The molecule has 1 aromatic heterocycles. The van der Waals surface area contributed by atoms with Gasteiger partial charge in [-0.3, -0.25) is 4.90 Å². The second-order valence-electron chi connectivity index (χ2n) is 5.21. The number of carbonyl (C=O) groups is 1. The van der Waals surface area contributed by atoms with Crippen LogP contribution < -0.4 is 0 Å².